The van der Waals surface area contributed by atoms with Gasteiger partial charge < -0.3 is 14.2 Å². The van der Waals surface area contributed by atoms with Crippen LogP contribution in [0.2, 0.25) is 0 Å². The SMILES string of the molecule is CC/C=C\C/C=C\C/C=C\CCCCCCCCCC(=O)OC(COC(=O)CCCCC/C=C\C/C=C\C/C=C\CC)COC(=O)CCCCCCCCCC/C=C\C/C=C\C/C=C\CCCCCCC. The molecule has 0 rings (SSSR count). The first-order valence-electron chi connectivity index (χ1n) is 29.4. The summed E-state index contributed by atoms with van der Waals surface area (Å²) in [6, 6.07) is 0. The minimum atomic E-state index is -0.801. The third-order valence-electron chi connectivity index (χ3n) is 12.2. The number of rotatable bonds is 52. The van der Waals surface area contributed by atoms with Crippen molar-refractivity contribution in [3.63, 3.8) is 0 Å². The van der Waals surface area contributed by atoms with Gasteiger partial charge in [0, 0.05) is 19.3 Å². The number of unbranched alkanes of at least 4 members (excludes halogenated alkanes) is 23. The van der Waals surface area contributed by atoms with Crippen molar-refractivity contribution in [2.75, 3.05) is 13.2 Å². The third-order valence-corrected chi connectivity index (χ3v) is 12.2. The Morgan fingerprint density at radius 3 is 0.873 bits per heavy atom. The van der Waals surface area contributed by atoms with Gasteiger partial charge in [-0.15, -0.1) is 0 Å². The highest BCUT2D eigenvalue weighted by Gasteiger charge is 2.19. The molecule has 0 aromatic heterocycles. The molecule has 0 aromatic rings. The Morgan fingerprint density at radius 1 is 0.296 bits per heavy atom. The first kappa shape index (κ1) is 67.1. The monoisotopic (exact) mass is 985 g/mol. The number of esters is 3. The molecule has 404 valence electrons. The number of allylic oxidation sites excluding steroid dienone is 18. The average molecular weight is 986 g/mol. The molecule has 0 aliphatic heterocycles. The maximum Gasteiger partial charge on any atom is 0.306 e. The van der Waals surface area contributed by atoms with E-state index in [4.69, 9.17) is 14.2 Å². The number of hydrogen-bond donors (Lipinski definition) is 0. The highest BCUT2D eigenvalue weighted by molar-refractivity contribution is 5.71. The number of ether oxygens (including phenoxy) is 3. The van der Waals surface area contributed by atoms with Gasteiger partial charge in [-0.3, -0.25) is 14.4 Å². The largest absolute Gasteiger partial charge is 0.462 e. The van der Waals surface area contributed by atoms with Crippen LogP contribution in [0.25, 0.3) is 0 Å². The van der Waals surface area contributed by atoms with Crippen LogP contribution in [0, 0.1) is 0 Å². The van der Waals surface area contributed by atoms with Crippen molar-refractivity contribution < 1.29 is 28.6 Å². The topological polar surface area (TPSA) is 78.9 Å². The fraction of sp³-hybridized carbons (Fsp3) is 0.677. The second-order valence-corrected chi connectivity index (χ2v) is 19.1. The molecule has 0 amide bonds. The maximum absolute atomic E-state index is 12.9. The van der Waals surface area contributed by atoms with Crippen molar-refractivity contribution in [1.29, 1.82) is 0 Å². The Morgan fingerprint density at radius 2 is 0.549 bits per heavy atom. The van der Waals surface area contributed by atoms with E-state index in [1.165, 1.54) is 96.3 Å². The van der Waals surface area contributed by atoms with E-state index in [0.29, 0.717) is 19.3 Å². The lowest BCUT2D eigenvalue weighted by Gasteiger charge is -2.18. The smallest absolute Gasteiger partial charge is 0.306 e. The molecular weight excluding hydrogens is 877 g/mol. The minimum Gasteiger partial charge on any atom is -0.462 e. The van der Waals surface area contributed by atoms with Gasteiger partial charge in [0.15, 0.2) is 6.10 Å². The summed E-state index contributed by atoms with van der Waals surface area (Å²) in [6.07, 6.45) is 79.4. The molecule has 0 radical (unpaired) electrons. The molecule has 0 spiro atoms. The first-order valence-corrected chi connectivity index (χ1v) is 29.4. The van der Waals surface area contributed by atoms with Gasteiger partial charge in [0.05, 0.1) is 0 Å². The summed E-state index contributed by atoms with van der Waals surface area (Å²) in [6.45, 7) is 6.37. The third kappa shape index (κ3) is 56.9. The Kier molecular flexibility index (Phi) is 55.4. The molecule has 6 nitrogen and oxygen atoms in total. The predicted molar refractivity (Wildman–Crippen MR) is 307 cm³/mol. The molecule has 0 aromatic carbocycles. The number of carbonyl (C=O) groups is 3. The van der Waals surface area contributed by atoms with Crippen molar-refractivity contribution >= 4 is 17.9 Å². The first-order chi connectivity index (χ1) is 35.0. The maximum atomic E-state index is 12.9. The van der Waals surface area contributed by atoms with E-state index in [9.17, 15) is 14.4 Å². The van der Waals surface area contributed by atoms with Gasteiger partial charge in [-0.1, -0.05) is 233 Å². The zero-order valence-corrected chi connectivity index (χ0v) is 46.2. The molecule has 0 heterocycles. The van der Waals surface area contributed by atoms with Crippen LogP contribution in [-0.4, -0.2) is 37.2 Å². The minimum absolute atomic E-state index is 0.0970. The highest BCUT2D eigenvalue weighted by atomic mass is 16.6. The molecule has 0 bridgehead atoms. The van der Waals surface area contributed by atoms with Gasteiger partial charge in [0.1, 0.15) is 13.2 Å². The summed E-state index contributed by atoms with van der Waals surface area (Å²) >= 11 is 0. The summed E-state index contributed by atoms with van der Waals surface area (Å²) in [4.78, 5) is 38.2. The quantitative estimate of drug-likeness (QED) is 0.0261. The van der Waals surface area contributed by atoms with Crippen molar-refractivity contribution in [2.24, 2.45) is 0 Å². The Bertz CT molecular complexity index is 1460. The van der Waals surface area contributed by atoms with Crippen LogP contribution in [0.1, 0.15) is 265 Å². The molecule has 71 heavy (non-hydrogen) atoms. The number of carbonyl (C=O) groups excluding carboxylic acids is 3. The van der Waals surface area contributed by atoms with Gasteiger partial charge in [-0.2, -0.15) is 0 Å². The van der Waals surface area contributed by atoms with Gasteiger partial charge in [0.25, 0.3) is 0 Å². The average Bonchev–Trinajstić information content (AvgIpc) is 3.37. The fourth-order valence-electron chi connectivity index (χ4n) is 7.89. The van der Waals surface area contributed by atoms with Crippen LogP contribution < -0.4 is 0 Å². The van der Waals surface area contributed by atoms with E-state index in [-0.39, 0.29) is 31.1 Å². The molecule has 1 atom stereocenters. The lowest BCUT2D eigenvalue weighted by molar-refractivity contribution is -0.167. The Labute approximate surface area is 438 Å². The summed E-state index contributed by atoms with van der Waals surface area (Å²) in [5, 5.41) is 0. The van der Waals surface area contributed by atoms with E-state index < -0.39 is 6.10 Å². The second kappa shape index (κ2) is 58.6. The molecule has 0 N–H and O–H groups in total. The van der Waals surface area contributed by atoms with Crippen LogP contribution in [-0.2, 0) is 28.6 Å². The lowest BCUT2D eigenvalue weighted by Crippen LogP contribution is -2.30. The van der Waals surface area contributed by atoms with Crippen molar-refractivity contribution in [2.45, 2.75) is 271 Å². The summed E-state index contributed by atoms with van der Waals surface area (Å²) in [7, 11) is 0. The summed E-state index contributed by atoms with van der Waals surface area (Å²) in [5.74, 6) is -0.943. The molecule has 0 aliphatic carbocycles. The van der Waals surface area contributed by atoms with E-state index >= 15 is 0 Å². The van der Waals surface area contributed by atoms with Crippen molar-refractivity contribution in [3.05, 3.63) is 109 Å². The fourth-order valence-corrected chi connectivity index (χ4v) is 7.89. The molecule has 0 aliphatic rings. The molecule has 0 saturated heterocycles. The zero-order chi connectivity index (χ0) is 51.4. The second-order valence-electron chi connectivity index (χ2n) is 19.1. The molecule has 0 fully saturated rings. The normalized spacial score (nSPS) is 12.9. The molecule has 0 saturated carbocycles. The summed E-state index contributed by atoms with van der Waals surface area (Å²) in [5.41, 5.74) is 0. The van der Waals surface area contributed by atoms with E-state index in [1.807, 2.05) is 0 Å². The highest BCUT2D eigenvalue weighted by Crippen LogP contribution is 2.14. The Hall–Kier alpha value is -3.93. The van der Waals surface area contributed by atoms with Crippen LogP contribution >= 0.6 is 0 Å². The van der Waals surface area contributed by atoms with Gasteiger partial charge in [-0.25, -0.2) is 0 Å². The molecule has 6 heteroatoms. The standard InChI is InChI=1S/C65H108O6/c1-4-7-10-13-16-19-22-25-27-29-30-31-32-33-34-36-37-40-43-46-49-52-55-58-64(67)70-61-62(60-69-63(66)57-54-51-48-45-42-39-24-21-18-15-12-9-6-3)71-65(68)59-56-53-50-47-44-41-38-35-28-26-23-20-17-14-11-8-5-2/h8-9,11-12,17-18,20-22,25-26,28-30,32-33,39,42,62H,4-7,10,13-16,19,23-24,27,31,34-38,40-41,43-61H2,1-3H3/b11-8-,12-9-,20-17-,21-18-,25-22-,28-26-,30-29-,33-32-,42-39-. The van der Waals surface area contributed by atoms with E-state index in [1.54, 1.807) is 0 Å². The van der Waals surface area contributed by atoms with Gasteiger partial charge in [-0.05, 0) is 122 Å². The van der Waals surface area contributed by atoms with Gasteiger partial charge >= 0.3 is 17.9 Å². The van der Waals surface area contributed by atoms with Crippen LogP contribution in [0.4, 0.5) is 0 Å². The van der Waals surface area contributed by atoms with Crippen molar-refractivity contribution in [3.8, 4) is 0 Å². The number of hydrogen-bond acceptors (Lipinski definition) is 6. The Balaban J connectivity index is 4.40. The molecule has 1 unspecified atom stereocenters. The van der Waals surface area contributed by atoms with Crippen LogP contribution in [0.15, 0.2) is 109 Å². The van der Waals surface area contributed by atoms with Crippen molar-refractivity contribution in [1.82, 2.24) is 0 Å². The summed E-state index contributed by atoms with van der Waals surface area (Å²) < 4.78 is 16.8. The lowest BCUT2D eigenvalue weighted by atomic mass is 10.1. The van der Waals surface area contributed by atoms with Gasteiger partial charge in [0.2, 0.25) is 0 Å². The predicted octanol–water partition coefficient (Wildman–Crippen LogP) is 19.9. The van der Waals surface area contributed by atoms with E-state index in [0.717, 1.165) is 128 Å². The zero-order valence-electron chi connectivity index (χ0n) is 46.2. The van der Waals surface area contributed by atoms with E-state index in [2.05, 4.69) is 130 Å². The van der Waals surface area contributed by atoms with Crippen LogP contribution in [0.5, 0.6) is 0 Å². The van der Waals surface area contributed by atoms with Crippen LogP contribution in [0.3, 0.4) is 0 Å². The molecular formula is C65H108O6.